The van der Waals surface area contributed by atoms with Gasteiger partial charge in [0.15, 0.2) is 0 Å². The van der Waals surface area contributed by atoms with Gasteiger partial charge in [-0.05, 0) is 77.8 Å². The highest BCUT2D eigenvalue weighted by Gasteiger charge is 2.16. The van der Waals surface area contributed by atoms with Gasteiger partial charge >= 0.3 is 0 Å². The predicted octanol–water partition coefficient (Wildman–Crippen LogP) is 9.96. The van der Waals surface area contributed by atoms with Crippen molar-refractivity contribution in [3.05, 3.63) is 145 Å². The van der Waals surface area contributed by atoms with Crippen LogP contribution < -0.4 is 0 Å². The summed E-state index contributed by atoms with van der Waals surface area (Å²) in [4.78, 5) is 11.3. The van der Waals surface area contributed by atoms with Gasteiger partial charge in [0.1, 0.15) is 6.29 Å². The van der Waals surface area contributed by atoms with Crippen molar-refractivity contribution in [3.8, 4) is 33.4 Å². The molecule has 38 heavy (non-hydrogen) atoms. The minimum absolute atomic E-state index is 0.688. The first-order chi connectivity index (χ1) is 18.8. The Balaban J connectivity index is 1.47. The second-order valence-electron chi connectivity index (χ2n) is 9.72. The quantitative estimate of drug-likeness (QED) is 0.179. The van der Waals surface area contributed by atoms with Crippen LogP contribution in [0.3, 0.4) is 0 Å². The van der Waals surface area contributed by atoms with E-state index in [2.05, 4.69) is 115 Å². The second kappa shape index (κ2) is 9.14. The minimum Gasteiger partial charge on any atom is -0.298 e. The summed E-state index contributed by atoms with van der Waals surface area (Å²) in [6, 6.07) is 49.3. The lowest BCUT2D eigenvalue weighted by Crippen LogP contribution is -1.91. The first kappa shape index (κ1) is 22.2. The Kier molecular flexibility index (Phi) is 5.34. The van der Waals surface area contributed by atoms with E-state index >= 15 is 0 Å². The van der Waals surface area contributed by atoms with Crippen molar-refractivity contribution in [2.24, 2.45) is 0 Å². The molecule has 7 aromatic rings. The Labute approximate surface area is 221 Å². The molecular formula is C37H24O. The van der Waals surface area contributed by atoms with Crippen LogP contribution in [0.1, 0.15) is 10.4 Å². The minimum atomic E-state index is 0.688. The summed E-state index contributed by atoms with van der Waals surface area (Å²) in [5.41, 5.74) is 7.75. The molecule has 0 atom stereocenters. The van der Waals surface area contributed by atoms with Gasteiger partial charge in [-0.3, -0.25) is 4.79 Å². The van der Waals surface area contributed by atoms with Crippen molar-refractivity contribution in [1.82, 2.24) is 0 Å². The van der Waals surface area contributed by atoms with Crippen molar-refractivity contribution in [2.45, 2.75) is 0 Å². The fraction of sp³-hybridized carbons (Fsp3) is 0. The van der Waals surface area contributed by atoms with Gasteiger partial charge in [0, 0.05) is 5.56 Å². The summed E-state index contributed by atoms with van der Waals surface area (Å²) in [6.07, 6.45) is 0.896. The van der Waals surface area contributed by atoms with Gasteiger partial charge in [-0.1, -0.05) is 127 Å². The molecule has 1 heteroatoms. The lowest BCUT2D eigenvalue weighted by Gasteiger charge is -2.18. The second-order valence-corrected chi connectivity index (χ2v) is 9.72. The van der Waals surface area contributed by atoms with Crippen LogP contribution >= 0.6 is 0 Å². The van der Waals surface area contributed by atoms with E-state index < -0.39 is 0 Å². The van der Waals surface area contributed by atoms with Gasteiger partial charge in [-0.2, -0.15) is 0 Å². The third-order valence-electron chi connectivity index (χ3n) is 7.50. The van der Waals surface area contributed by atoms with Crippen molar-refractivity contribution in [1.29, 1.82) is 0 Å². The van der Waals surface area contributed by atoms with Crippen LogP contribution in [0.2, 0.25) is 0 Å². The molecule has 0 amide bonds. The molecule has 0 fully saturated rings. The summed E-state index contributed by atoms with van der Waals surface area (Å²) < 4.78 is 0. The summed E-state index contributed by atoms with van der Waals surface area (Å²) in [5, 5.41) is 7.48. The van der Waals surface area contributed by atoms with Gasteiger partial charge in [0.05, 0.1) is 0 Å². The zero-order valence-electron chi connectivity index (χ0n) is 20.8. The Hall–Kier alpha value is -5.01. The number of hydrogen-bond donors (Lipinski definition) is 0. The molecule has 7 rings (SSSR count). The Morgan fingerprint density at radius 3 is 1.53 bits per heavy atom. The van der Waals surface area contributed by atoms with Gasteiger partial charge in [0.2, 0.25) is 0 Å². The Bertz CT molecular complexity index is 1920. The SMILES string of the molecule is O=Cc1cccc(-c2ccc(-c3c4ccccc4c(-c4ccc5ccccc5c4)c4ccccc34)cc2)c1. The molecule has 0 radical (unpaired) electrons. The molecular weight excluding hydrogens is 460 g/mol. The van der Waals surface area contributed by atoms with E-state index in [1.807, 2.05) is 24.3 Å². The molecule has 0 saturated carbocycles. The van der Waals surface area contributed by atoms with Crippen LogP contribution in [-0.4, -0.2) is 6.29 Å². The van der Waals surface area contributed by atoms with E-state index in [9.17, 15) is 4.79 Å². The normalized spacial score (nSPS) is 11.3. The lowest BCUT2D eigenvalue weighted by atomic mass is 9.85. The highest BCUT2D eigenvalue weighted by molar-refractivity contribution is 6.21. The molecule has 0 saturated heterocycles. The fourth-order valence-electron chi connectivity index (χ4n) is 5.72. The molecule has 0 aliphatic rings. The van der Waals surface area contributed by atoms with E-state index in [0.717, 1.165) is 17.4 Å². The maximum absolute atomic E-state index is 11.3. The summed E-state index contributed by atoms with van der Waals surface area (Å²) in [7, 11) is 0. The Morgan fingerprint density at radius 2 is 0.895 bits per heavy atom. The third-order valence-corrected chi connectivity index (χ3v) is 7.50. The van der Waals surface area contributed by atoms with Crippen molar-refractivity contribution >= 4 is 38.6 Å². The number of carbonyl (C=O) groups excluding carboxylic acids is 1. The third kappa shape index (κ3) is 3.68. The monoisotopic (exact) mass is 484 g/mol. The molecule has 0 bridgehead atoms. The summed E-state index contributed by atoms with van der Waals surface area (Å²) in [5.74, 6) is 0. The molecule has 7 aromatic carbocycles. The Morgan fingerprint density at radius 1 is 0.368 bits per heavy atom. The van der Waals surface area contributed by atoms with Gasteiger partial charge in [0.25, 0.3) is 0 Å². The van der Waals surface area contributed by atoms with Crippen molar-refractivity contribution < 1.29 is 4.79 Å². The van der Waals surface area contributed by atoms with E-state index in [0.29, 0.717) is 5.56 Å². The zero-order chi connectivity index (χ0) is 25.5. The molecule has 0 N–H and O–H groups in total. The molecule has 0 aliphatic carbocycles. The molecule has 178 valence electrons. The number of hydrogen-bond acceptors (Lipinski definition) is 1. The van der Waals surface area contributed by atoms with E-state index in [-0.39, 0.29) is 0 Å². The van der Waals surface area contributed by atoms with Gasteiger partial charge in [-0.15, -0.1) is 0 Å². The lowest BCUT2D eigenvalue weighted by molar-refractivity contribution is 0.112. The molecule has 0 heterocycles. The van der Waals surface area contributed by atoms with Gasteiger partial charge in [-0.25, -0.2) is 0 Å². The topological polar surface area (TPSA) is 17.1 Å². The smallest absolute Gasteiger partial charge is 0.150 e. The average Bonchev–Trinajstić information content (AvgIpc) is 2.99. The molecule has 0 unspecified atom stereocenters. The van der Waals surface area contributed by atoms with Crippen molar-refractivity contribution in [3.63, 3.8) is 0 Å². The van der Waals surface area contributed by atoms with Crippen LogP contribution in [-0.2, 0) is 0 Å². The molecule has 0 aromatic heterocycles. The molecule has 0 aliphatic heterocycles. The first-order valence-electron chi connectivity index (χ1n) is 12.9. The van der Waals surface area contributed by atoms with Crippen LogP contribution in [0.5, 0.6) is 0 Å². The summed E-state index contributed by atoms with van der Waals surface area (Å²) in [6.45, 7) is 0. The highest BCUT2D eigenvalue weighted by atomic mass is 16.1. The maximum Gasteiger partial charge on any atom is 0.150 e. The van der Waals surface area contributed by atoms with Crippen LogP contribution in [0.25, 0.3) is 65.7 Å². The number of carbonyl (C=O) groups is 1. The largest absolute Gasteiger partial charge is 0.298 e. The average molecular weight is 485 g/mol. The highest BCUT2D eigenvalue weighted by Crippen LogP contribution is 2.44. The maximum atomic E-state index is 11.3. The first-order valence-corrected chi connectivity index (χ1v) is 12.9. The van der Waals surface area contributed by atoms with E-state index in [1.165, 1.54) is 54.6 Å². The van der Waals surface area contributed by atoms with Crippen LogP contribution in [0, 0.1) is 0 Å². The zero-order valence-corrected chi connectivity index (χ0v) is 20.8. The molecule has 0 spiro atoms. The number of rotatable bonds is 4. The molecule has 1 nitrogen and oxygen atoms in total. The predicted molar refractivity (Wildman–Crippen MR) is 161 cm³/mol. The standard InChI is InChI=1S/C37H24O/c38-24-25-8-7-11-29(22-25)27-16-19-28(20-17-27)36-32-12-3-5-14-34(32)37(35-15-6-4-13-33(35)36)31-21-18-26-9-1-2-10-30(26)23-31/h1-24H. The number of aldehydes is 1. The number of fused-ring (bicyclic) bond motifs is 3. The van der Waals surface area contributed by atoms with E-state index in [4.69, 9.17) is 0 Å². The van der Waals surface area contributed by atoms with Crippen LogP contribution in [0.15, 0.2) is 140 Å². The number of benzene rings is 7. The fourth-order valence-corrected chi connectivity index (χ4v) is 5.72. The summed E-state index contributed by atoms with van der Waals surface area (Å²) >= 11 is 0. The van der Waals surface area contributed by atoms with Crippen molar-refractivity contribution in [2.75, 3.05) is 0 Å². The van der Waals surface area contributed by atoms with Crippen LogP contribution in [0.4, 0.5) is 0 Å². The van der Waals surface area contributed by atoms with Gasteiger partial charge < -0.3 is 0 Å². The van der Waals surface area contributed by atoms with E-state index in [1.54, 1.807) is 0 Å².